The average molecular weight is 368 g/mol. The highest BCUT2D eigenvalue weighted by molar-refractivity contribution is 5.46. The molecule has 0 bridgehead atoms. The molecule has 1 atom stereocenters. The molecule has 0 amide bonds. The molecule has 2 aromatic rings. The van der Waals surface area contributed by atoms with Crippen molar-refractivity contribution in [3.63, 3.8) is 0 Å². The summed E-state index contributed by atoms with van der Waals surface area (Å²) in [5.41, 5.74) is 1.26. The minimum atomic E-state index is 0.0657. The second-order valence-electron chi connectivity index (χ2n) is 7.29. The van der Waals surface area contributed by atoms with Gasteiger partial charge in [0.15, 0.2) is 11.5 Å². The molecule has 3 heterocycles. The van der Waals surface area contributed by atoms with Crippen LogP contribution in [0, 0.1) is 0 Å². The van der Waals surface area contributed by atoms with Crippen LogP contribution in [0.3, 0.4) is 0 Å². The fourth-order valence-electron chi connectivity index (χ4n) is 3.84. The Labute approximate surface area is 160 Å². The molecule has 6 heteroatoms. The highest BCUT2D eigenvalue weighted by Crippen LogP contribution is 2.30. The standard InChI is InChI=1S/C21H28N4O2/c1-2-5-16-12-22-15-24-21(16)25-10-8-17(9-11-25)23-13-18-14-26-19-6-3-4-7-20(19)27-18/h3-4,6-7,12,15,17-18,23H,2,5,8-11,13-14H2,1H3/t18-/m0/s1. The first-order valence-electron chi connectivity index (χ1n) is 9.99. The summed E-state index contributed by atoms with van der Waals surface area (Å²) in [6.45, 7) is 5.66. The molecule has 1 N–H and O–H groups in total. The molecule has 0 spiro atoms. The molecule has 0 saturated carbocycles. The maximum Gasteiger partial charge on any atom is 0.161 e. The van der Waals surface area contributed by atoms with Crippen LogP contribution < -0.4 is 19.7 Å². The molecule has 1 aromatic carbocycles. The van der Waals surface area contributed by atoms with Crippen LogP contribution in [-0.4, -0.2) is 48.4 Å². The number of nitrogens with zero attached hydrogens (tertiary/aromatic N) is 3. The van der Waals surface area contributed by atoms with Gasteiger partial charge in [-0.05, 0) is 31.4 Å². The Balaban J connectivity index is 1.26. The van der Waals surface area contributed by atoms with Crippen molar-refractivity contribution in [1.82, 2.24) is 15.3 Å². The molecule has 0 radical (unpaired) electrons. The third kappa shape index (κ3) is 4.33. The highest BCUT2D eigenvalue weighted by atomic mass is 16.6. The normalized spacial score (nSPS) is 19.9. The summed E-state index contributed by atoms with van der Waals surface area (Å²) < 4.78 is 11.8. The molecule has 0 unspecified atom stereocenters. The lowest BCUT2D eigenvalue weighted by atomic mass is 10.0. The van der Waals surface area contributed by atoms with Crippen LogP contribution in [0.1, 0.15) is 31.7 Å². The van der Waals surface area contributed by atoms with E-state index in [1.807, 2.05) is 30.5 Å². The lowest BCUT2D eigenvalue weighted by molar-refractivity contribution is 0.0873. The van der Waals surface area contributed by atoms with E-state index in [1.54, 1.807) is 6.33 Å². The third-order valence-electron chi connectivity index (χ3n) is 5.28. The SMILES string of the molecule is CCCc1cncnc1N1CCC(NC[C@H]2COc3ccccc3O2)CC1. The zero-order valence-electron chi connectivity index (χ0n) is 15.9. The van der Waals surface area contributed by atoms with E-state index in [1.165, 1.54) is 5.56 Å². The van der Waals surface area contributed by atoms with Gasteiger partial charge < -0.3 is 19.7 Å². The largest absolute Gasteiger partial charge is 0.486 e. The summed E-state index contributed by atoms with van der Waals surface area (Å²) >= 11 is 0. The fourth-order valence-corrected chi connectivity index (χ4v) is 3.84. The van der Waals surface area contributed by atoms with Crippen molar-refractivity contribution in [3.8, 4) is 11.5 Å². The highest BCUT2D eigenvalue weighted by Gasteiger charge is 2.25. The Kier molecular flexibility index (Phi) is 5.72. The summed E-state index contributed by atoms with van der Waals surface area (Å²) in [7, 11) is 0. The summed E-state index contributed by atoms with van der Waals surface area (Å²) in [6, 6.07) is 8.38. The van der Waals surface area contributed by atoms with Crippen molar-refractivity contribution < 1.29 is 9.47 Å². The van der Waals surface area contributed by atoms with E-state index in [-0.39, 0.29) is 6.10 Å². The van der Waals surface area contributed by atoms with Crippen molar-refractivity contribution in [2.24, 2.45) is 0 Å². The Bertz CT molecular complexity index is 746. The maximum absolute atomic E-state index is 6.04. The van der Waals surface area contributed by atoms with Gasteiger partial charge in [0.25, 0.3) is 0 Å². The molecule has 1 saturated heterocycles. The minimum Gasteiger partial charge on any atom is -0.486 e. The molecule has 144 valence electrons. The average Bonchev–Trinajstić information content (AvgIpc) is 2.73. The number of rotatable bonds is 6. The predicted octanol–water partition coefficient (Wildman–Crippen LogP) is 2.83. The van der Waals surface area contributed by atoms with Crippen molar-refractivity contribution in [2.75, 3.05) is 31.1 Å². The number of ether oxygens (including phenoxy) is 2. The van der Waals surface area contributed by atoms with Crippen LogP contribution in [0.5, 0.6) is 11.5 Å². The number of hydrogen-bond acceptors (Lipinski definition) is 6. The van der Waals surface area contributed by atoms with Crippen molar-refractivity contribution in [1.29, 1.82) is 0 Å². The number of piperidine rings is 1. The first kappa shape index (κ1) is 18.0. The van der Waals surface area contributed by atoms with Gasteiger partial charge in [0.1, 0.15) is 24.9 Å². The Hall–Kier alpha value is -2.34. The van der Waals surface area contributed by atoms with Gasteiger partial charge in [-0.1, -0.05) is 25.5 Å². The topological polar surface area (TPSA) is 59.5 Å². The van der Waals surface area contributed by atoms with E-state index in [9.17, 15) is 0 Å². The second-order valence-corrected chi connectivity index (χ2v) is 7.29. The number of hydrogen-bond donors (Lipinski definition) is 1. The van der Waals surface area contributed by atoms with Gasteiger partial charge >= 0.3 is 0 Å². The smallest absolute Gasteiger partial charge is 0.161 e. The van der Waals surface area contributed by atoms with Gasteiger partial charge in [-0.3, -0.25) is 0 Å². The first-order valence-corrected chi connectivity index (χ1v) is 9.99. The van der Waals surface area contributed by atoms with Gasteiger partial charge in [0.05, 0.1) is 0 Å². The van der Waals surface area contributed by atoms with Crippen molar-refractivity contribution in [2.45, 2.75) is 44.8 Å². The lowest BCUT2D eigenvalue weighted by Gasteiger charge is -2.35. The van der Waals surface area contributed by atoms with E-state index in [0.29, 0.717) is 12.6 Å². The molecular weight excluding hydrogens is 340 g/mol. The molecule has 4 rings (SSSR count). The Morgan fingerprint density at radius 1 is 1.19 bits per heavy atom. The molecule has 2 aliphatic rings. The van der Waals surface area contributed by atoms with Gasteiger partial charge in [-0.25, -0.2) is 9.97 Å². The molecule has 0 aliphatic carbocycles. The Morgan fingerprint density at radius 2 is 2.00 bits per heavy atom. The first-order chi connectivity index (χ1) is 13.3. The Morgan fingerprint density at radius 3 is 2.81 bits per heavy atom. The number of anilines is 1. The molecule has 1 aromatic heterocycles. The molecular formula is C21H28N4O2. The van der Waals surface area contributed by atoms with Gasteiger partial charge in [-0.2, -0.15) is 0 Å². The molecule has 1 fully saturated rings. The number of aromatic nitrogens is 2. The summed E-state index contributed by atoms with van der Waals surface area (Å²) in [6.07, 6.45) is 8.07. The van der Waals surface area contributed by atoms with Crippen LogP contribution >= 0.6 is 0 Å². The number of benzene rings is 1. The van der Waals surface area contributed by atoms with Gasteiger partial charge in [0, 0.05) is 37.4 Å². The zero-order chi connectivity index (χ0) is 18.5. The molecule has 2 aliphatic heterocycles. The number of aryl methyl sites for hydroxylation is 1. The fraction of sp³-hybridized carbons (Fsp3) is 0.524. The summed E-state index contributed by atoms with van der Waals surface area (Å²) in [4.78, 5) is 11.1. The maximum atomic E-state index is 6.04. The molecule has 27 heavy (non-hydrogen) atoms. The predicted molar refractivity (Wildman–Crippen MR) is 106 cm³/mol. The van der Waals surface area contributed by atoms with E-state index in [0.717, 1.165) is 62.6 Å². The quantitative estimate of drug-likeness (QED) is 0.846. The third-order valence-corrected chi connectivity index (χ3v) is 5.28. The monoisotopic (exact) mass is 368 g/mol. The van der Waals surface area contributed by atoms with Crippen LogP contribution in [0.4, 0.5) is 5.82 Å². The number of nitrogens with one attached hydrogen (secondary N) is 1. The number of fused-ring (bicyclic) bond motifs is 1. The van der Waals surface area contributed by atoms with E-state index < -0.39 is 0 Å². The van der Waals surface area contributed by atoms with Crippen molar-refractivity contribution >= 4 is 5.82 Å². The van der Waals surface area contributed by atoms with E-state index in [4.69, 9.17) is 9.47 Å². The van der Waals surface area contributed by atoms with Crippen molar-refractivity contribution in [3.05, 3.63) is 42.4 Å². The summed E-state index contributed by atoms with van der Waals surface area (Å²) in [5.74, 6) is 2.80. The van der Waals surface area contributed by atoms with Gasteiger partial charge in [0.2, 0.25) is 0 Å². The van der Waals surface area contributed by atoms with Crippen LogP contribution in [0.25, 0.3) is 0 Å². The van der Waals surface area contributed by atoms with Crippen LogP contribution in [-0.2, 0) is 6.42 Å². The lowest BCUT2D eigenvalue weighted by Crippen LogP contribution is -2.47. The van der Waals surface area contributed by atoms with E-state index in [2.05, 4.69) is 27.1 Å². The number of para-hydroxylation sites is 2. The zero-order valence-corrected chi connectivity index (χ0v) is 15.9. The molecule has 6 nitrogen and oxygen atoms in total. The van der Waals surface area contributed by atoms with Gasteiger partial charge in [-0.15, -0.1) is 0 Å². The summed E-state index contributed by atoms with van der Waals surface area (Å²) in [5, 5.41) is 3.67. The minimum absolute atomic E-state index is 0.0657. The van der Waals surface area contributed by atoms with Crippen LogP contribution in [0.15, 0.2) is 36.8 Å². The second kappa shape index (κ2) is 8.57. The van der Waals surface area contributed by atoms with Crippen LogP contribution in [0.2, 0.25) is 0 Å². The van der Waals surface area contributed by atoms with E-state index >= 15 is 0 Å².